The molecule has 0 bridgehead atoms. The number of hydrogen-bond donors (Lipinski definition) is 1. The smallest absolute Gasteiger partial charge is 0.243 e. The van der Waals surface area contributed by atoms with E-state index in [0.717, 1.165) is 23.9 Å². The van der Waals surface area contributed by atoms with Crippen molar-refractivity contribution < 1.29 is 18.0 Å². The maximum Gasteiger partial charge on any atom is 0.243 e. The Balaban J connectivity index is 1.95. The number of likely N-dealkylation sites (N-methyl/N-ethyl adjacent to an activating group) is 1. The molecule has 1 N–H and O–H groups in total. The second-order valence-corrected chi connectivity index (χ2v) is 8.70. The molecule has 7 nitrogen and oxygen atoms in total. The van der Waals surface area contributed by atoms with Crippen LogP contribution in [0.5, 0.6) is 0 Å². The van der Waals surface area contributed by atoms with Crippen LogP contribution in [0, 0.1) is 5.92 Å². The topological polar surface area (TPSA) is 86.8 Å². The SMILES string of the molecule is CCc1ccccc1NC(=O)CN(C)C(=O)C1CCCN(S(C)(=O)=O)C1. The maximum absolute atomic E-state index is 12.6. The highest BCUT2D eigenvalue weighted by Gasteiger charge is 2.32. The van der Waals surface area contributed by atoms with Crippen molar-refractivity contribution in [1.29, 1.82) is 0 Å². The highest BCUT2D eigenvalue weighted by atomic mass is 32.2. The van der Waals surface area contributed by atoms with Crippen molar-refractivity contribution in [2.45, 2.75) is 26.2 Å². The van der Waals surface area contributed by atoms with E-state index in [0.29, 0.717) is 19.4 Å². The average Bonchev–Trinajstić information content (AvgIpc) is 2.60. The Kier molecular flexibility index (Phi) is 6.77. The number of carbonyl (C=O) groups is 2. The first-order chi connectivity index (χ1) is 12.2. The van der Waals surface area contributed by atoms with Crippen LogP contribution in [0.3, 0.4) is 0 Å². The number of carbonyl (C=O) groups excluding carboxylic acids is 2. The lowest BCUT2D eigenvalue weighted by Gasteiger charge is -2.32. The van der Waals surface area contributed by atoms with Crippen LogP contribution < -0.4 is 5.32 Å². The number of para-hydroxylation sites is 1. The lowest BCUT2D eigenvalue weighted by molar-refractivity contribution is -0.138. The molecule has 0 radical (unpaired) electrons. The number of rotatable bonds is 6. The number of piperidine rings is 1. The van der Waals surface area contributed by atoms with Crippen LogP contribution in [0.2, 0.25) is 0 Å². The summed E-state index contributed by atoms with van der Waals surface area (Å²) < 4.78 is 24.7. The van der Waals surface area contributed by atoms with E-state index in [4.69, 9.17) is 0 Å². The van der Waals surface area contributed by atoms with E-state index in [1.54, 1.807) is 7.05 Å². The molecule has 1 aromatic carbocycles. The highest BCUT2D eigenvalue weighted by Crippen LogP contribution is 2.20. The van der Waals surface area contributed by atoms with Crippen LogP contribution in [-0.2, 0) is 26.0 Å². The number of nitrogens with zero attached hydrogens (tertiary/aromatic N) is 2. The minimum Gasteiger partial charge on any atom is -0.336 e. The molecule has 2 rings (SSSR count). The van der Waals surface area contributed by atoms with Gasteiger partial charge in [0.1, 0.15) is 0 Å². The van der Waals surface area contributed by atoms with Gasteiger partial charge in [-0.2, -0.15) is 0 Å². The zero-order valence-electron chi connectivity index (χ0n) is 15.6. The van der Waals surface area contributed by atoms with E-state index in [9.17, 15) is 18.0 Å². The molecule has 1 fully saturated rings. The summed E-state index contributed by atoms with van der Waals surface area (Å²) in [7, 11) is -1.73. The quantitative estimate of drug-likeness (QED) is 0.805. The molecular weight excluding hydrogens is 354 g/mol. The number of nitrogens with one attached hydrogen (secondary N) is 1. The molecule has 2 amide bonds. The van der Waals surface area contributed by atoms with Crippen LogP contribution in [0.4, 0.5) is 5.69 Å². The second kappa shape index (κ2) is 8.64. The summed E-state index contributed by atoms with van der Waals surface area (Å²) in [4.78, 5) is 26.3. The molecular formula is C18H27N3O4S. The van der Waals surface area contributed by atoms with Crippen LogP contribution >= 0.6 is 0 Å². The minimum absolute atomic E-state index is 0.0632. The maximum atomic E-state index is 12.6. The standard InChI is InChI=1S/C18H27N3O4S/c1-4-14-8-5-6-10-16(14)19-17(22)13-20(2)18(23)15-9-7-11-21(12-15)26(3,24)25/h5-6,8,10,15H,4,7,9,11-13H2,1-3H3,(H,19,22). The number of anilines is 1. The summed E-state index contributed by atoms with van der Waals surface area (Å²) in [6, 6.07) is 7.56. The zero-order valence-corrected chi connectivity index (χ0v) is 16.4. The summed E-state index contributed by atoms with van der Waals surface area (Å²) in [5.41, 5.74) is 1.78. The predicted molar refractivity (Wildman–Crippen MR) is 101 cm³/mol. The molecule has 0 aromatic heterocycles. The van der Waals surface area contributed by atoms with Crippen LogP contribution in [0.25, 0.3) is 0 Å². The first-order valence-corrected chi connectivity index (χ1v) is 10.6. The highest BCUT2D eigenvalue weighted by molar-refractivity contribution is 7.88. The Morgan fingerprint density at radius 1 is 1.31 bits per heavy atom. The molecule has 8 heteroatoms. The third kappa shape index (κ3) is 5.28. The van der Waals surface area contributed by atoms with Crippen molar-refractivity contribution in [3.05, 3.63) is 29.8 Å². The molecule has 1 aromatic rings. The monoisotopic (exact) mass is 381 g/mol. The summed E-state index contributed by atoms with van der Waals surface area (Å²) in [5.74, 6) is -0.867. The first kappa shape index (κ1) is 20.4. The van der Waals surface area contributed by atoms with E-state index in [2.05, 4.69) is 5.32 Å². The summed E-state index contributed by atoms with van der Waals surface area (Å²) >= 11 is 0. The van der Waals surface area contributed by atoms with E-state index < -0.39 is 15.9 Å². The molecule has 26 heavy (non-hydrogen) atoms. The molecule has 1 unspecified atom stereocenters. The van der Waals surface area contributed by atoms with Crippen molar-refractivity contribution in [3.63, 3.8) is 0 Å². The van der Waals surface area contributed by atoms with Gasteiger partial charge in [0.2, 0.25) is 21.8 Å². The number of benzene rings is 1. The Morgan fingerprint density at radius 2 is 2.00 bits per heavy atom. The number of amides is 2. The molecule has 144 valence electrons. The minimum atomic E-state index is -3.31. The fourth-order valence-corrected chi connectivity index (χ4v) is 4.10. The van der Waals surface area contributed by atoms with Gasteiger partial charge in [0.05, 0.1) is 18.7 Å². The summed E-state index contributed by atoms with van der Waals surface area (Å²) in [6.45, 7) is 2.58. The molecule has 0 aliphatic carbocycles. The van der Waals surface area contributed by atoms with Gasteiger partial charge in [-0.25, -0.2) is 12.7 Å². The van der Waals surface area contributed by atoms with E-state index in [-0.39, 0.29) is 24.9 Å². The average molecular weight is 381 g/mol. The van der Waals surface area contributed by atoms with Gasteiger partial charge in [0.25, 0.3) is 0 Å². The van der Waals surface area contributed by atoms with Gasteiger partial charge in [0.15, 0.2) is 0 Å². The fourth-order valence-electron chi connectivity index (χ4n) is 3.19. The third-order valence-electron chi connectivity index (χ3n) is 4.63. The van der Waals surface area contributed by atoms with Gasteiger partial charge < -0.3 is 10.2 Å². The molecule has 1 aliphatic rings. The Hall–Kier alpha value is -1.93. The number of sulfonamides is 1. The Labute approximate surface area is 155 Å². The van der Waals surface area contributed by atoms with Gasteiger partial charge in [-0.1, -0.05) is 25.1 Å². The van der Waals surface area contributed by atoms with Gasteiger partial charge in [-0.05, 0) is 30.9 Å². The van der Waals surface area contributed by atoms with Crippen molar-refractivity contribution in [3.8, 4) is 0 Å². The Bertz CT molecular complexity index is 763. The zero-order chi connectivity index (χ0) is 19.3. The van der Waals surface area contributed by atoms with Gasteiger partial charge >= 0.3 is 0 Å². The van der Waals surface area contributed by atoms with Gasteiger partial charge in [-0.15, -0.1) is 0 Å². The lowest BCUT2D eigenvalue weighted by Crippen LogP contribution is -2.46. The second-order valence-electron chi connectivity index (χ2n) is 6.71. The molecule has 1 saturated heterocycles. The number of aryl methyl sites for hydroxylation is 1. The number of hydrogen-bond acceptors (Lipinski definition) is 4. The summed E-state index contributed by atoms with van der Waals surface area (Å²) in [5, 5.41) is 2.84. The van der Waals surface area contributed by atoms with Crippen LogP contribution in [0.1, 0.15) is 25.3 Å². The van der Waals surface area contributed by atoms with Crippen molar-refractivity contribution >= 4 is 27.5 Å². The van der Waals surface area contributed by atoms with Crippen molar-refractivity contribution in [2.75, 3.05) is 38.3 Å². The molecule has 1 aliphatic heterocycles. The largest absolute Gasteiger partial charge is 0.336 e. The lowest BCUT2D eigenvalue weighted by atomic mass is 9.98. The normalized spacial score (nSPS) is 18.3. The summed E-state index contributed by atoms with van der Waals surface area (Å²) in [6.07, 6.45) is 3.24. The van der Waals surface area contributed by atoms with Crippen molar-refractivity contribution in [2.24, 2.45) is 5.92 Å². The van der Waals surface area contributed by atoms with Gasteiger partial charge in [-0.3, -0.25) is 9.59 Å². The fraction of sp³-hybridized carbons (Fsp3) is 0.556. The molecule has 1 heterocycles. The molecule has 0 spiro atoms. The molecule has 1 atom stereocenters. The molecule has 0 saturated carbocycles. The van der Waals surface area contributed by atoms with Crippen LogP contribution in [-0.4, -0.2) is 62.4 Å². The van der Waals surface area contributed by atoms with Crippen LogP contribution in [0.15, 0.2) is 24.3 Å². The first-order valence-electron chi connectivity index (χ1n) is 8.80. The third-order valence-corrected chi connectivity index (χ3v) is 5.90. The van der Waals surface area contributed by atoms with E-state index in [1.165, 1.54) is 9.21 Å². The van der Waals surface area contributed by atoms with E-state index in [1.807, 2.05) is 31.2 Å². The van der Waals surface area contributed by atoms with Crippen molar-refractivity contribution in [1.82, 2.24) is 9.21 Å². The van der Waals surface area contributed by atoms with Gasteiger partial charge in [0, 0.05) is 25.8 Å². The Morgan fingerprint density at radius 3 is 2.65 bits per heavy atom. The van der Waals surface area contributed by atoms with E-state index >= 15 is 0 Å². The predicted octanol–water partition coefficient (Wildman–Crippen LogP) is 1.32.